The maximum atomic E-state index is 13.1. The number of anilines is 1. The number of aromatic nitrogens is 1. The Morgan fingerprint density at radius 3 is 1.92 bits per heavy atom. The number of hydrogen-bond acceptors (Lipinski definition) is 10. The summed E-state index contributed by atoms with van der Waals surface area (Å²) in [5.41, 5.74) is 4.76. The zero-order valence-electron chi connectivity index (χ0n) is 33.4. The van der Waals surface area contributed by atoms with E-state index in [0.29, 0.717) is 67.8 Å². The zero-order chi connectivity index (χ0) is 39.1. The van der Waals surface area contributed by atoms with Crippen LogP contribution in [0.2, 0.25) is 0 Å². The summed E-state index contributed by atoms with van der Waals surface area (Å²) in [6.45, 7) is 24.3. The highest BCUT2D eigenvalue weighted by Gasteiger charge is 2.26. The lowest BCUT2D eigenvalue weighted by Gasteiger charge is -2.22. The first kappa shape index (κ1) is 43.8. The number of nitrogens with zero attached hydrogens (tertiary/aromatic N) is 1. The van der Waals surface area contributed by atoms with Crippen LogP contribution < -0.4 is 15.4 Å². The number of benzene rings is 1. The van der Waals surface area contributed by atoms with Gasteiger partial charge in [0.1, 0.15) is 19.0 Å². The molecule has 53 heavy (non-hydrogen) atoms. The third-order valence-corrected chi connectivity index (χ3v) is 8.89. The minimum Gasteiger partial charge on any atom is -0.491 e. The molecule has 2 heterocycles. The van der Waals surface area contributed by atoms with Crippen LogP contribution in [0.3, 0.4) is 0 Å². The van der Waals surface area contributed by atoms with Gasteiger partial charge >= 0.3 is 0 Å². The normalized spacial score (nSPS) is 16.3. The van der Waals surface area contributed by atoms with Crippen LogP contribution in [0.4, 0.5) is 5.69 Å². The maximum absolute atomic E-state index is 13.1. The number of ether oxygens (including phenoxy) is 6. The van der Waals surface area contributed by atoms with E-state index in [-0.39, 0.29) is 54.7 Å². The summed E-state index contributed by atoms with van der Waals surface area (Å²) in [4.78, 5) is 42.7. The average Bonchev–Trinajstić information content (AvgIpc) is 3.59. The second kappa shape index (κ2) is 21.9. The molecule has 0 fully saturated rings. The number of aryl methyl sites for hydroxylation is 1. The van der Waals surface area contributed by atoms with Crippen LogP contribution >= 0.6 is 0 Å². The smallest absolute Gasteiger partial charge is 0.256 e. The quantitative estimate of drug-likeness (QED) is 0.116. The lowest BCUT2D eigenvalue weighted by molar-refractivity contribution is -0.126. The van der Waals surface area contributed by atoms with Crippen molar-refractivity contribution in [2.24, 2.45) is 0 Å². The number of rotatable bonds is 25. The van der Waals surface area contributed by atoms with Gasteiger partial charge in [-0.05, 0) is 98.3 Å². The van der Waals surface area contributed by atoms with Crippen LogP contribution in [0.25, 0.3) is 11.6 Å². The lowest BCUT2D eigenvalue weighted by Crippen LogP contribution is -2.35. The number of fused-ring (bicyclic) bond motifs is 1. The Morgan fingerprint density at radius 1 is 0.830 bits per heavy atom. The van der Waals surface area contributed by atoms with Gasteiger partial charge in [-0.15, -0.1) is 0 Å². The Kier molecular flexibility index (Phi) is 18.1. The Labute approximate surface area is 315 Å². The van der Waals surface area contributed by atoms with E-state index in [2.05, 4.69) is 34.4 Å². The highest BCUT2D eigenvalue weighted by Crippen LogP contribution is 2.36. The average molecular weight is 743 g/mol. The number of carbonyl (C=O) groups is 3. The first-order valence-electron chi connectivity index (χ1n) is 18.8. The van der Waals surface area contributed by atoms with Gasteiger partial charge in [0, 0.05) is 35.7 Å². The molecule has 3 rings (SSSR count). The summed E-state index contributed by atoms with van der Waals surface area (Å²) >= 11 is 0. The molecule has 0 saturated carbocycles. The molecule has 5 atom stereocenters. The molecular weight excluding hydrogens is 680 g/mol. The van der Waals surface area contributed by atoms with E-state index in [4.69, 9.17) is 28.4 Å². The highest BCUT2D eigenvalue weighted by molar-refractivity contribution is 6.35. The molecule has 0 aliphatic carbocycles. The molecule has 3 N–H and O–H groups in total. The molecule has 1 aromatic heterocycles. The molecule has 13 heteroatoms. The number of aromatic amines is 1. The van der Waals surface area contributed by atoms with Gasteiger partial charge in [-0.2, -0.15) is 0 Å². The van der Waals surface area contributed by atoms with Crippen LogP contribution in [0.1, 0.15) is 88.3 Å². The van der Waals surface area contributed by atoms with E-state index in [1.165, 1.54) is 6.92 Å². The van der Waals surface area contributed by atoms with Crippen LogP contribution in [0.15, 0.2) is 18.2 Å². The fourth-order valence-electron chi connectivity index (χ4n) is 5.67. The van der Waals surface area contributed by atoms with Gasteiger partial charge in [-0.3, -0.25) is 14.4 Å². The van der Waals surface area contributed by atoms with Crippen molar-refractivity contribution in [3.63, 3.8) is 0 Å². The molecule has 1 aliphatic heterocycles. The first-order valence-corrected chi connectivity index (χ1v) is 18.8. The molecule has 1 aliphatic rings. The van der Waals surface area contributed by atoms with Gasteiger partial charge in [0.25, 0.3) is 11.8 Å². The van der Waals surface area contributed by atoms with Crippen molar-refractivity contribution >= 4 is 34.9 Å². The van der Waals surface area contributed by atoms with Crippen molar-refractivity contribution in [1.29, 1.82) is 0 Å². The molecule has 5 unspecified atom stereocenters. The third kappa shape index (κ3) is 14.3. The van der Waals surface area contributed by atoms with Crippen molar-refractivity contribution < 1.29 is 42.8 Å². The van der Waals surface area contributed by atoms with Crippen molar-refractivity contribution in [2.75, 3.05) is 71.1 Å². The van der Waals surface area contributed by atoms with E-state index in [9.17, 15) is 14.4 Å². The van der Waals surface area contributed by atoms with E-state index in [1.807, 2.05) is 66.7 Å². The van der Waals surface area contributed by atoms with Gasteiger partial charge in [0.15, 0.2) is 5.78 Å². The number of hydrogen-bond donors (Lipinski definition) is 3. The molecule has 13 nitrogen and oxygen atoms in total. The summed E-state index contributed by atoms with van der Waals surface area (Å²) in [5, 5.41) is 5.96. The summed E-state index contributed by atoms with van der Waals surface area (Å²) in [6, 6.07) is 5.50. The van der Waals surface area contributed by atoms with E-state index < -0.39 is 0 Å². The topological polar surface area (TPSA) is 150 Å². The number of H-pyrrole nitrogens is 1. The number of ketones is 1. The van der Waals surface area contributed by atoms with Crippen molar-refractivity contribution in [1.82, 2.24) is 15.2 Å². The fourth-order valence-corrected chi connectivity index (χ4v) is 5.67. The number of Topliss-reactive ketones (excluding diaryl/α,β-unsaturated/α-hetero) is 1. The Balaban J connectivity index is 1.45. The summed E-state index contributed by atoms with van der Waals surface area (Å²) in [5.74, 6) is 0.249. The Bertz CT molecular complexity index is 1520. The molecule has 0 radical (unpaired) electrons. The third-order valence-electron chi connectivity index (χ3n) is 8.89. The van der Waals surface area contributed by atoms with Crippen LogP contribution in [0, 0.1) is 13.8 Å². The SMILES string of the molecule is CCN(CC)CCNC(=O)c1c(C)[nH]c(/C=C2\C(=O)Nc3ccc(OCC(C)OCC(C)OCC(C)OCC(C)OCC(C)OCC(C)=O)cc32)c1C. The van der Waals surface area contributed by atoms with Gasteiger partial charge in [0.05, 0.1) is 68.1 Å². The molecule has 2 aromatic rings. The first-order chi connectivity index (χ1) is 25.2. The molecular formula is C40H62N4O9. The van der Waals surface area contributed by atoms with Crippen LogP contribution in [0.5, 0.6) is 5.75 Å². The van der Waals surface area contributed by atoms with E-state index in [0.717, 1.165) is 36.5 Å². The Hall–Kier alpha value is -3.59. The Morgan fingerprint density at radius 2 is 1.38 bits per heavy atom. The molecule has 0 saturated heterocycles. The summed E-state index contributed by atoms with van der Waals surface area (Å²) in [7, 11) is 0. The van der Waals surface area contributed by atoms with Crippen molar-refractivity contribution in [3.8, 4) is 5.75 Å². The minimum absolute atomic E-state index is 0.0143. The number of likely N-dealkylation sites (N-methyl/N-ethyl adjacent to an activating group) is 1. The summed E-state index contributed by atoms with van der Waals surface area (Å²) < 4.78 is 35.0. The largest absolute Gasteiger partial charge is 0.491 e. The molecule has 0 spiro atoms. The van der Waals surface area contributed by atoms with Gasteiger partial charge in [-0.1, -0.05) is 13.8 Å². The second-order valence-electron chi connectivity index (χ2n) is 13.9. The predicted octanol–water partition coefficient (Wildman–Crippen LogP) is 5.19. The van der Waals surface area contributed by atoms with Gasteiger partial charge < -0.3 is 48.9 Å². The minimum atomic E-state index is -0.218. The molecule has 0 bridgehead atoms. The van der Waals surface area contributed by atoms with E-state index in [1.54, 1.807) is 6.08 Å². The number of amides is 2. The molecule has 296 valence electrons. The molecule has 1 aromatic carbocycles. The molecule has 2 amide bonds. The fraction of sp³-hybridized carbons (Fsp3) is 0.625. The predicted molar refractivity (Wildman–Crippen MR) is 207 cm³/mol. The van der Waals surface area contributed by atoms with Crippen LogP contribution in [-0.2, 0) is 33.3 Å². The van der Waals surface area contributed by atoms with Gasteiger partial charge in [-0.25, -0.2) is 0 Å². The van der Waals surface area contributed by atoms with E-state index >= 15 is 0 Å². The zero-order valence-corrected chi connectivity index (χ0v) is 33.4. The monoisotopic (exact) mass is 742 g/mol. The van der Waals surface area contributed by atoms with Crippen LogP contribution in [-0.4, -0.2) is 124 Å². The number of nitrogens with one attached hydrogen (secondary N) is 3. The maximum Gasteiger partial charge on any atom is 0.256 e. The lowest BCUT2D eigenvalue weighted by atomic mass is 10.0. The number of carbonyl (C=O) groups excluding carboxylic acids is 3. The second-order valence-corrected chi connectivity index (χ2v) is 13.9. The van der Waals surface area contributed by atoms with Gasteiger partial charge in [0.2, 0.25) is 0 Å². The summed E-state index contributed by atoms with van der Waals surface area (Å²) in [6.07, 6.45) is 1.01. The highest BCUT2D eigenvalue weighted by atomic mass is 16.6. The van der Waals surface area contributed by atoms with Crippen molar-refractivity contribution in [3.05, 3.63) is 46.3 Å². The standard InChI is InChI=1S/C40H62N4O9/c1-11-44(12-2)16-15-41-40(47)38-31(9)37(42-32(38)10)18-35-34-17-33(13-14-36(34)43-39(35)46)53-24-30(8)52-23-29(7)51-22-28(6)50-21-27(5)49-20-26(4)48-19-25(3)45/h13-14,17-18,26-30,42H,11-12,15-16,19-24H2,1-10H3,(H,41,47)(H,43,46)/b35-18-. The van der Waals surface area contributed by atoms with Crippen molar-refractivity contribution in [2.45, 2.75) is 99.8 Å².